The van der Waals surface area contributed by atoms with Crippen molar-refractivity contribution in [2.75, 3.05) is 19.4 Å². The molecule has 3 nitrogen and oxygen atoms in total. The first-order valence-electron chi connectivity index (χ1n) is 7.01. The third-order valence-corrected chi connectivity index (χ3v) is 5.01. The summed E-state index contributed by atoms with van der Waals surface area (Å²) in [4.78, 5) is 12.0. The lowest BCUT2D eigenvalue weighted by atomic mass is 9.98. The van der Waals surface area contributed by atoms with Crippen LogP contribution in [-0.4, -0.2) is 36.2 Å². The smallest absolute Gasteiger partial charge is 0.326 e. The normalized spacial score (nSPS) is 27.7. The lowest BCUT2D eigenvalue weighted by molar-refractivity contribution is -0.150. The number of carbonyl (C=O) groups is 1. The highest BCUT2D eigenvalue weighted by Gasteiger charge is 2.45. The van der Waals surface area contributed by atoms with Crippen LogP contribution in [0.3, 0.4) is 0 Å². The molecule has 0 aromatic rings. The van der Waals surface area contributed by atoms with Gasteiger partial charge in [-0.25, -0.2) is 0 Å². The number of hydrogen-bond acceptors (Lipinski definition) is 4. The summed E-state index contributed by atoms with van der Waals surface area (Å²) >= 11 is 2.02. The highest BCUT2D eigenvalue weighted by atomic mass is 32.2. The molecule has 4 heteroatoms. The molecule has 1 saturated carbocycles. The maximum Gasteiger partial charge on any atom is 0.326 e. The van der Waals surface area contributed by atoms with Gasteiger partial charge in [-0.1, -0.05) is 13.8 Å². The molecule has 0 aromatic heterocycles. The van der Waals surface area contributed by atoms with Crippen molar-refractivity contribution < 1.29 is 9.53 Å². The molecular formula is C14H27NO2S. The largest absolute Gasteiger partial charge is 0.465 e. The summed E-state index contributed by atoms with van der Waals surface area (Å²) in [7, 11) is 1.87. The molecule has 18 heavy (non-hydrogen) atoms. The van der Waals surface area contributed by atoms with Gasteiger partial charge in [-0.05, 0) is 51.3 Å². The fourth-order valence-corrected chi connectivity index (χ4v) is 4.02. The number of hydrogen-bond donors (Lipinski definition) is 1. The Labute approximate surface area is 115 Å². The lowest BCUT2D eigenvalue weighted by Crippen LogP contribution is -2.49. The first kappa shape index (κ1) is 15.8. The van der Waals surface area contributed by atoms with Crippen molar-refractivity contribution >= 4 is 17.7 Å². The Morgan fingerprint density at radius 1 is 1.56 bits per heavy atom. The molecule has 0 heterocycles. The zero-order valence-electron chi connectivity index (χ0n) is 12.1. The van der Waals surface area contributed by atoms with Crippen LogP contribution in [0.25, 0.3) is 0 Å². The van der Waals surface area contributed by atoms with Crippen LogP contribution in [0.5, 0.6) is 0 Å². The van der Waals surface area contributed by atoms with Gasteiger partial charge in [0.25, 0.3) is 0 Å². The molecule has 0 saturated heterocycles. The van der Waals surface area contributed by atoms with E-state index in [9.17, 15) is 4.79 Å². The van der Waals surface area contributed by atoms with E-state index in [2.05, 4.69) is 19.2 Å². The summed E-state index contributed by atoms with van der Waals surface area (Å²) in [5.74, 6) is 1.89. The highest BCUT2D eigenvalue weighted by molar-refractivity contribution is 7.99. The quantitative estimate of drug-likeness (QED) is 0.724. The van der Waals surface area contributed by atoms with Crippen molar-refractivity contribution in [1.82, 2.24) is 5.32 Å². The summed E-state index contributed by atoms with van der Waals surface area (Å²) in [5, 5.41) is 3.80. The SMILES string of the molecule is CCOC(=O)C1(NC)CCC(SCCC(C)C)C1. The van der Waals surface area contributed by atoms with E-state index in [-0.39, 0.29) is 5.97 Å². The van der Waals surface area contributed by atoms with Crippen molar-refractivity contribution in [3.63, 3.8) is 0 Å². The van der Waals surface area contributed by atoms with Crippen LogP contribution in [0.15, 0.2) is 0 Å². The molecule has 0 radical (unpaired) electrons. The molecule has 0 amide bonds. The van der Waals surface area contributed by atoms with E-state index in [1.807, 2.05) is 25.7 Å². The van der Waals surface area contributed by atoms with Gasteiger partial charge in [0.15, 0.2) is 0 Å². The molecule has 0 aliphatic heterocycles. The van der Waals surface area contributed by atoms with Gasteiger partial charge in [0, 0.05) is 5.25 Å². The van der Waals surface area contributed by atoms with E-state index in [1.165, 1.54) is 12.2 Å². The third-order valence-electron chi connectivity index (χ3n) is 3.66. The van der Waals surface area contributed by atoms with Crippen molar-refractivity contribution in [1.29, 1.82) is 0 Å². The molecule has 1 aliphatic rings. The van der Waals surface area contributed by atoms with Crippen LogP contribution >= 0.6 is 11.8 Å². The van der Waals surface area contributed by atoms with Crippen LogP contribution in [0.1, 0.15) is 46.5 Å². The van der Waals surface area contributed by atoms with Gasteiger partial charge in [-0.15, -0.1) is 0 Å². The topological polar surface area (TPSA) is 38.3 Å². The van der Waals surface area contributed by atoms with Gasteiger partial charge in [0.2, 0.25) is 0 Å². The first-order valence-corrected chi connectivity index (χ1v) is 8.06. The Morgan fingerprint density at radius 3 is 2.83 bits per heavy atom. The van der Waals surface area contributed by atoms with Crippen LogP contribution in [-0.2, 0) is 9.53 Å². The molecule has 1 rings (SSSR count). The van der Waals surface area contributed by atoms with Crippen molar-refractivity contribution in [2.45, 2.75) is 57.2 Å². The van der Waals surface area contributed by atoms with E-state index in [0.717, 1.165) is 25.2 Å². The Bertz CT molecular complexity index is 271. The number of nitrogens with one attached hydrogen (secondary N) is 1. The monoisotopic (exact) mass is 273 g/mol. The summed E-state index contributed by atoms with van der Waals surface area (Å²) in [5.41, 5.74) is -0.425. The maximum atomic E-state index is 12.0. The predicted octanol–water partition coefficient (Wildman–Crippen LogP) is 2.84. The van der Waals surface area contributed by atoms with E-state index in [1.54, 1.807) is 0 Å². The lowest BCUT2D eigenvalue weighted by Gasteiger charge is -2.26. The molecule has 106 valence electrons. The molecule has 1 fully saturated rings. The maximum absolute atomic E-state index is 12.0. The highest BCUT2D eigenvalue weighted by Crippen LogP contribution is 2.38. The Hall–Kier alpha value is -0.220. The van der Waals surface area contributed by atoms with Crippen molar-refractivity contribution in [3.05, 3.63) is 0 Å². The third kappa shape index (κ3) is 4.16. The van der Waals surface area contributed by atoms with Crippen LogP contribution < -0.4 is 5.32 Å². The van der Waals surface area contributed by atoms with E-state index in [0.29, 0.717) is 11.9 Å². The van der Waals surface area contributed by atoms with Gasteiger partial charge >= 0.3 is 5.97 Å². The Morgan fingerprint density at radius 2 is 2.28 bits per heavy atom. The second-order valence-electron chi connectivity index (χ2n) is 5.47. The molecule has 0 bridgehead atoms. The van der Waals surface area contributed by atoms with Crippen LogP contribution in [0, 0.1) is 5.92 Å². The predicted molar refractivity (Wildman–Crippen MR) is 78.0 cm³/mol. The van der Waals surface area contributed by atoms with Crippen molar-refractivity contribution in [3.8, 4) is 0 Å². The summed E-state index contributed by atoms with van der Waals surface area (Å²) < 4.78 is 5.20. The molecule has 0 spiro atoms. The summed E-state index contributed by atoms with van der Waals surface area (Å²) in [6, 6.07) is 0. The fourth-order valence-electron chi connectivity index (χ4n) is 2.40. The number of ether oxygens (including phenoxy) is 1. The average molecular weight is 273 g/mol. The number of carbonyl (C=O) groups excluding carboxylic acids is 1. The molecule has 1 N–H and O–H groups in total. The minimum absolute atomic E-state index is 0.0699. The molecule has 2 unspecified atom stereocenters. The fraction of sp³-hybridized carbons (Fsp3) is 0.929. The standard InChI is InChI=1S/C14H27NO2S/c1-5-17-13(16)14(15-4)8-6-12(10-14)18-9-7-11(2)3/h11-12,15H,5-10H2,1-4H3. The van der Waals surface area contributed by atoms with Gasteiger partial charge < -0.3 is 10.1 Å². The van der Waals surface area contributed by atoms with E-state index in [4.69, 9.17) is 4.74 Å². The molecule has 0 aromatic carbocycles. The van der Waals surface area contributed by atoms with Gasteiger partial charge in [-0.3, -0.25) is 4.79 Å². The Kier molecular flexibility index (Phi) is 6.50. The van der Waals surface area contributed by atoms with Crippen LogP contribution in [0.2, 0.25) is 0 Å². The molecule has 2 atom stereocenters. The zero-order chi connectivity index (χ0) is 13.6. The van der Waals surface area contributed by atoms with Crippen molar-refractivity contribution in [2.24, 2.45) is 5.92 Å². The minimum atomic E-state index is -0.425. The van der Waals surface area contributed by atoms with Gasteiger partial charge in [0.05, 0.1) is 6.61 Å². The summed E-state index contributed by atoms with van der Waals surface area (Å²) in [6.07, 6.45) is 4.18. The number of esters is 1. The second-order valence-corrected chi connectivity index (χ2v) is 6.88. The average Bonchev–Trinajstić information content (AvgIpc) is 2.74. The number of rotatable bonds is 7. The van der Waals surface area contributed by atoms with E-state index < -0.39 is 5.54 Å². The minimum Gasteiger partial charge on any atom is -0.465 e. The van der Waals surface area contributed by atoms with Gasteiger partial charge in [-0.2, -0.15) is 11.8 Å². The summed E-state index contributed by atoms with van der Waals surface area (Å²) in [6.45, 7) is 6.84. The number of likely N-dealkylation sites (N-methyl/N-ethyl adjacent to an activating group) is 1. The number of thioether (sulfide) groups is 1. The molecule has 1 aliphatic carbocycles. The van der Waals surface area contributed by atoms with Crippen LogP contribution in [0.4, 0.5) is 0 Å². The Balaban J connectivity index is 2.43. The zero-order valence-corrected chi connectivity index (χ0v) is 12.9. The molecular weight excluding hydrogens is 246 g/mol. The second kappa shape index (κ2) is 7.39. The van der Waals surface area contributed by atoms with Gasteiger partial charge in [0.1, 0.15) is 5.54 Å². The first-order chi connectivity index (χ1) is 8.54. The van der Waals surface area contributed by atoms with E-state index >= 15 is 0 Å².